The van der Waals surface area contributed by atoms with E-state index in [1.807, 2.05) is 24.5 Å². The number of hydrogen-bond acceptors (Lipinski definition) is 7. The van der Waals surface area contributed by atoms with Crippen LogP contribution in [0.5, 0.6) is 0 Å². The minimum absolute atomic E-state index is 0.109. The molecule has 0 unspecified atom stereocenters. The highest BCUT2D eigenvalue weighted by Gasteiger charge is 2.46. The number of nitrogens with one attached hydrogen (secondary N) is 2. The quantitative estimate of drug-likeness (QED) is 0.369. The first kappa shape index (κ1) is 29.9. The van der Waals surface area contributed by atoms with Gasteiger partial charge in [-0.15, -0.1) is 0 Å². The third kappa shape index (κ3) is 5.50. The number of carbonyl (C=O) groups is 2. The second-order valence-corrected chi connectivity index (χ2v) is 12.0. The normalized spacial score (nSPS) is 21.1. The number of nitrogens with zero attached hydrogens (tertiary/aromatic N) is 4. The van der Waals surface area contributed by atoms with Gasteiger partial charge in [-0.2, -0.15) is 0 Å². The van der Waals surface area contributed by atoms with E-state index in [2.05, 4.69) is 20.6 Å². The molecule has 234 valence electrons. The van der Waals surface area contributed by atoms with Crippen molar-refractivity contribution in [2.24, 2.45) is 0 Å². The topological polar surface area (TPSA) is 131 Å². The molecule has 1 spiro atoms. The number of fused-ring (bicyclic) bond motifs is 3. The largest absolute Gasteiger partial charge is 0.437 e. The number of amides is 3. The molecule has 1 saturated heterocycles. The van der Waals surface area contributed by atoms with Crippen LogP contribution in [0.25, 0.3) is 0 Å². The monoisotopic (exact) mass is 610 g/mol. The molecule has 44 heavy (non-hydrogen) atoms. The van der Waals surface area contributed by atoms with Crippen molar-refractivity contribution in [3.8, 4) is 0 Å². The molecule has 3 N–H and O–H groups in total. The Kier molecular flexibility index (Phi) is 8.01. The van der Waals surface area contributed by atoms with Crippen molar-refractivity contribution >= 4 is 17.9 Å². The summed E-state index contributed by atoms with van der Waals surface area (Å²) in [4.78, 5) is 36.6. The molecule has 3 aromatic rings. The molecular weight excluding hydrogens is 574 g/mol. The maximum atomic E-state index is 15.0. The van der Waals surface area contributed by atoms with E-state index < -0.39 is 35.0 Å². The molecule has 3 amide bonds. The highest BCUT2D eigenvalue weighted by atomic mass is 19.2. The fourth-order valence-corrected chi connectivity index (χ4v) is 6.66. The summed E-state index contributed by atoms with van der Waals surface area (Å²) in [6, 6.07) is 7.06. The second kappa shape index (κ2) is 11.8. The highest BCUT2D eigenvalue weighted by molar-refractivity contribution is 5.87. The average molecular weight is 611 g/mol. The molecule has 3 aliphatic heterocycles. The van der Waals surface area contributed by atoms with Crippen molar-refractivity contribution in [2.45, 2.75) is 69.2 Å². The number of piperidine rings is 1. The van der Waals surface area contributed by atoms with E-state index in [1.54, 1.807) is 29.4 Å². The molecule has 2 aromatic heterocycles. The molecular formula is C31H36F2N6O5. The van der Waals surface area contributed by atoms with Crippen LogP contribution in [0.3, 0.4) is 0 Å². The molecule has 0 aliphatic carbocycles. The van der Waals surface area contributed by atoms with Gasteiger partial charge in [0, 0.05) is 50.2 Å². The molecule has 5 heterocycles. The van der Waals surface area contributed by atoms with Crippen LogP contribution in [0.15, 0.2) is 42.7 Å². The lowest BCUT2D eigenvalue weighted by Gasteiger charge is -2.43. The fourth-order valence-electron chi connectivity index (χ4n) is 6.66. The fraction of sp³-hybridized carbons (Fsp3) is 0.484. The number of imidazole rings is 1. The number of hydrogen-bond donors (Lipinski definition) is 3. The predicted octanol–water partition coefficient (Wildman–Crippen LogP) is 4.68. The van der Waals surface area contributed by atoms with Crippen LogP contribution in [-0.2, 0) is 27.2 Å². The van der Waals surface area contributed by atoms with Gasteiger partial charge in [-0.05, 0) is 50.5 Å². The molecule has 0 saturated carbocycles. The van der Waals surface area contributed by atoms with Gasteiger partial charge in [0.1, 0.15) is 22.8 Å². The number of benzene rings is 1. The molecule has 11 nitrogen and oxygen atoms in total. The Labute approximate surface area is 253 Å². The van der Waals surface area contributed by atoms with Gasteiger partial charge in [0.15, 0.2) is 11.6 Å². The number of urea groups is 1. The lowest BCUT2D eigenvalue weighted by molar-refractivity contribution is -0.0421. The van der Waals surface area contributed by atoms with Crippen LogP contribution in [0.4, 0.5) is 24.2 Å². The maximum absolute atomic E-state index is 15.0. The minimum Gasteiger partial charge on any atom is -0.437 e. The smallest absolute Gasteiger partial charge is 0.413 e. The Bertz CT molecular complexity index is 1550. The van der Waals surface area contributed by atoms with Crippen molar-refractivity contribution in [1.82, 2.24) is 24.8 Å². The summed E-state index contributed by atoms with van der Waals surface area (Å²) in [5.41, 5.74) is 0.0440. The third-order valence-corrected chi connectivity index (χ3v) is 8.96. The van der Waals surface area contributed by atoms with Crippen molar-refractivity contribution in [1.29, 1.82) is 0 Å². The highest BCUT2D eigenvalue weighted by Crippen LogP contribution is 2.43. The average Bonchev–Trinajstić information content (AvgIpc) is 3.36. The Morgan fingerprint density at radius 3 is 2.77 bits per heavy atom. The van der Waals surface area contributed by atoms with Crippen molar-refractivity contribution in [2.75, 3.05) is 31.6 Å². The van der Waals surface area contributed by atoms with Crippen LogP contribution < -0.4 is 10.6 Å². The molecule has 0 bridgehead atoms. The molecule has 2 atom stereocenters. The van der Waals surface area contributed by atoms with Gasteiger partial charge in [-0.25, -0.2) is 28.3 Å². The molecule has 3 aliphatic rings. The maximum Gasteiger partial charge on any atom is 0.413 e. The van der Waals surface area contributed by atoms with E-state index in [4.69, 9.17) is 9.47 Å². The standard InChI is InChI=1S/C31H36F2N6O5/c1-30(2,43-16-15-40)24-17-35-27-23(9-8-19(18-39(24)27)20-5-3-7-22(32)25(20)33)36-28(41)38-13-10-31(11-14-38)21-6-4-12-34-26(21)37-29(42)44-31/h3-7,12,17,19,23,40H,8-11,13-16,18H2,1-2H3,(H,36,41)(H,34,37,42)/t19-,23-/m1/s1. The number of likely N-dealkylation sites (tertiary alicyclic amines) is 1. The summed E-state index contributed by atoms with van der Waals surface area (Å²) in [6.07, 6.45) is 4.46. The van der Waals surface area contributed by atoms with E-state index >= 15 is 0 Å². The van der Waals surface area contributed by atoms with Crippen LogP contribution in [0.2, 0.25) is 0 Å². The zero-order valence-electron chi connectivity index (χ0n) is 24.7. The SMILES string of the molecule is CC(C)(OCCO)c1cnc2n1C[C@H](c1cccc(F)c1F)CC[C@H]2NC(=O)N1CCC2(CC1)OC(=O)Nc1ncccc12. The van der Waals surface area contributed by atoms with E-state index in [0.29, 0.717) is 62.7 Å². The van der Waals surface area contributed by atoms with Gasteiger partial charge in [0.25, 0.3) is 0 Å². The van der Waals surface area contributed by atoms with Gasteiger partial charge in [0.2, 0.25) is 0 Å². The van der Waals surface area contributed by atoms with Crippen LogP contribution in [-0.4, -0.2) is 63.0 Å². The first-order valence-electron chi connectivity index (χ1n) is 14.9. The van der Waals surface area contributed by atoms with Gasteiger partial charge >= 0.3 is 12.1 Å². The van der Waals surface area contributed by atoms with E-state index in [9.17, 15) is 23.5 Å². The van der Waals surface area contributed by atoms with Gasteiger partial charge in [-0.3, -0.25) is 5.32 Å². The summed E-state index contributed by atoms with van der Waals surface area (Å²) >= 11 is 0. The number of aliphatic hydroxyl groups is 1. The van der Waals surface area contributed by atoms with Crippen molar-refractivity contribution in [3.05, 3.63) is 77.0 Å². The lowest BCUT2D eigenvalue weighted by atomic mass is 9.83. The first-order valence-corrected chi connectivity index (χ1v) is 14.9. The zero-order chi connectivity index (χ0) is 31.1. The Hall–Kier alpha value is -4.10. The van der Waals surface area contributed by atoms with E-state index in [-0.39, 0.29) is 30.7 Å². The number of aliphatic hydroxyl groups excluding tert-OH is 1. The summed E-state index contributed by atoms with van der Waals surface area (Å²) in [6.45, 7) is 4.66. The van der Waals surface area contributed by atoms with E-state index in [0.717, 1.165) is 11.6 Å². The number of aromatic nitrogens is 3. The second-order valence-electron chi connectivity index (χ2n) is 12.0. The van der Waals surface area contributed by atoms with Gasteiger partial charge in [-0.1, -0.05) is 12.1 Å². The van der Waals surface area contributed by atoms with Gasteiger partial charge < -0.3 is 29.4 Å². The summed E-state index contributed by atoms with van der Waals surface area (Å²) in [5, 5.41) is 15.1. The van der Waals surface area contributed by atoms with Crippen molar-refractivity contribution in [3.63, 3.8) is 0 Å². The number of ether oxygens (including phenoxy) is 2. The molecule has 0 radical (unpaired) electrons. The molecule has 1 aromatic carbocycles. The zero-order valence-corrected chi connectivity index (χ0v) is 24.7. The third-order valence-electron chi connectivity index (χ3n) is 8.96. The van der Waals surface area contributed by atoms with Crippen LogP contribution in [0.1, 0.15) is 74.1 Å². The van der Waals surface area contributed by atoms with Gasteiger partial charge in [0.05, 0.1) is 31.1 Å². The van der Waals surface area contributed by atoms with Crippen molar-refractivity contribution < 1.29 is 33.0 Å². The first-order chi connectivity index (χ1) is 21.1. The number of rotatable bonds is 6. The summed E-state index contributed by atoms with van der Waals surface area (Å²) < 4.78 is 42.8. The Balaban J connectivity index is 1.24. The molecule has 13 heteroatoms. The minimum atomic E-state index is -0.907. The Morgan fingerprint density at radius 1 is 1.20 bits per heavy atom. The van der Waals surface area contributed by atoms with Crippen LogP contribution >= 0.6 is 0 Å². The number of carbonyl (C=O) groups excluding carboxylic acids is 2. The summed E-state index contributed by atoms with van der Waals surface area (Å²) in [5.74, 6) is -1.11. The molecule has 1 fully saturated rings. The number of halogens is 2. The number of pyridine rings is 1. The lowest BCUT2D eigenvalue weighted by Crippen LogP contribution is -2.52. The predicted molar refractivity (Wildman–Crippen MR) is 155 cm³/mol. The van der Waals surface area contributed by atoms with E-state index in [1.165, 1.54) is 6.07 Å². The summed E-state index contributed by atoms with van der Waals surface area (Å²) in [7, 11) is 0. The van der Waals surface area contributed by atoms with Crippen LogP contribution in [0, 0.1) is 11.6 Å². The molecule has 6 rings (SSSR count). The Morgan fingerprint density at radius 2 is 2.00 bits per heavy atom. The number of anilines is 1.